The topological polar surface area (TPSA) is 78.3 Å². The van der Waals surface area contributed by atoms with Crippen LogP contribution in [0.4, 0.5) is 0 Å². The van der Waals surface area contributed by atoms with E-state index in [2.05, 4.69) is 20.1 Å². The second-order valence-electron chi connectivity index (χ2n) is 8.18. The molecule has 1 amide bonds. The van der Waals surface area contributed by atoms with E-state index in [1.54, 1.807) is 7.11 Å². The predicted octanol–water partition coefficient (Wildman–Crippen LogP) is 4.49. The van der Waals surface area contributed by atoms with E-state index in [0.29, 0.717) is 11.7 Å². The van der Waals surface area contributed by atoms with E-state index >= 15 is 0 Å². The molecule has 1 aromatic heterocycles. The number of nitrogens with zero attached hydrogens (tertiary/aromatic N) is 3. The van der Waals surface area contributed by atoms with E-state index in [0.717, 1.165) is 42.1 Å². The largest absolute Gasteiger partial charge is 0.497 e. The number of hydrogen-bond donors (Lipinski definition) is 1. The van der Waals surface area contributed by atoms with Crippen LogP contribution in [-0.2, 0) is 16.1 Å². The van der Waals surface area contributed by atoms with Gasteiger partial charge in [0.1, 0.15) is 5.75 Å². The first kappa shape index (κ1) is 23.3. The average molecular weight is 467 g/mol. The lowest BCUT2D eigenvalue weighted by atomic mass is 10.1. The van der Waals surface area contributed by atoms with Gasteiger partial charge in [-0.25, -0.2) is 0 Å². The summed E-state index contributed by atoms with van der Waals surface area (Å²) in [6, 6.07) is 17.7. The van der Waals surface area contributed by atoms with E-state index in [-0.39, 0.29) is 23.3 Å². The van der Waals surface area contributed by atoms with E-state index in [1.807, 2.05) is 68.4 Å². The van der Waals surface area contributed by atoms with Crippen LogP contribution >= 0.6 is 11.8 Å². The Morgan fingerprint density at radius 3 is 2.61 bits per heavy atom. The van der Waals surface area contributed by atoms with Crippen molar-refractivity contribution in [1.29, 1.82) is 0 Å². The molecule has 7 nitrogen and oxygen atoms in total. The van der Waals surface area contributed by atoms with Gasteiger partial charge in [-0.3, -0.25) is 9.36 Å². The quantitative estimate of drug-likeness (QED) is 0.468. The second-order valence-corrected chi connectivity index (χ2v) is 9.49. The van der Waals surface area contributed by atoms with E-state index in [9.17, 15) is 4.79 Å². The van der Waals surface area contributed by atoms with Crippen molar-refractivity contribution in [1.82, 2.24) is 20.1 Å². The maximum Gasteiger partial charge on any atom is 0.233 e. The number of nitrogens with one attached hydrogen (secondary N) is 1. The Morgan fingerprint density at radius 1 is 1.18 bits per heavy atom. The summed E-state index contributed by atoms with van der Waals surface area (Å²) < 4.78 is 13.2. The number of carbonyl (C=O) groups is 1. The number of ether oxygens (including phenoxy) is 2. The van der Waals surface area contributed by atoms with Crippen molar-refractivity contribution in [2.24, 2.45) is 0 Å². The minimum atomic E-state index is -0.327. The molecule has 2 aromatic carbocycles. The maximum absolute atomic E-state index is 12.9. The van der Waals surface area contributed by atoms with Gasteiger partial charge in [-0.15, -0.1) is 10.2 Å². The minimum absolute atomic E-state index is 0.0333. The normalized spacial score (nSPS) is 17.5. The average Bonchev–Trinajstić information content (AvgIpc) is 3.50. The molecule has 33 heavy (non-hydrogen) atoms. The highest BCUT2D eigenvalue weighted by molar-refractivity contribution is 8.00. The molecule has 174 valence electrons. The summed E-state index contributed by atoms with van der Waals surface area (Å²) in [7, 11) is 1.65. The molecule has 3 aromatic rings. The molecule has 0 radical (unpaired) electrons. The fraction of sp³-hybridized carbons (Fsp3) is 0.400. The molecule has 1 saturated heterocycles. The van der Waals surface area contributed by atoms with Crippen molar-refractivity contribution in [3.05, 3.63) is 60.2 Å². The molecule has 0 saturated carbocycles. The number of rotatable bonds is 9. The second kappa shape index (κ2) is 10.9. The smallest absolute Gasteiger partial charge is 0.233 e. The van der Waals surface area contributed by atoms with Crippen LogP contribution in [0.15, 0.2) is 59.8 Å². The van der Waals surface area contributed by atoms with Crippen molar-refractivity contribution in [3.63, 3.8) is 0 Å². The van der Waals surface area contributed by atoms with Crippen LogP contribution in [0.1, 0.15) is 38.3 Å². The molecule has 1 aliphatic rings. The van der Waals surface area contributed by atoms with Crippen molar-refractivity contribution >= 4 is 17.7 Å². The highest BCUT2D eigenvalue weighted by Crippen LogP contribution is 2.30. The first-order chi connectivity index (χ1) is 16.0. The third-order valence-corrected chi connectivity index (χ3v) is 6.87. The van der Waals surface area contributed by atoms with Gasteiger partial charge in [0.15, 0.2) is 11.0 Å². The number of hydrogen-bond acceptors (Lipinski definition) is 6. The molecular weight excluding hydrogens is 436 g/mol. The Balaban J connectivity index is 1.51. The third-order valence-electron chi connectivity index (χ3n) is 5.79. The van der Waals surface area contributed by atoms with Gasteiger partial charge in [-0.1, -0.05) is 42.1 Å². The van der Waals surface area contributed by atoms with Crippen LogP contribution in [0, 0.1) is 0 Å². The lowest BCUT2D eigenvalue weighted by molar-refractivity contribution is -0.120. The van der Waals surface area contributed by atoms with Gasteiger partial charge < -0.3 is 14.8 Å². The lowest BCUT2D eigenvalue weighted by Crippen LogP contribution is -2.33. The Morgan fingerprint density at radius 2 is 1.94 bits per heavy atom. The zero-order chi connectivity index (χ0) is 23.2. The van der Waals surface area contributed by atoms with Gasteiger partial charge in [-0.2, -0.15) is 0 Å². The molecule has 0 bridgehead atoms. The molecular formula is C25H30N4O3S. The highest BCUT2D eigenvalue weighted by Gasteiger charge is 2.25. The third kappa shape index (κ3) is 5.75. The molecule has 4 rings (SSSR count). The molecule has 1 aliphatic heterocycles. The van der Waals surface area contributed by atoms with E-state index < -0.39 is 0 Å². The van der Waals surface area contributed by atoms with Crippen molar-refractivity contribution in [3.8, 4) is 17.1 Å². The van der Waals surface area contributed by atoms with Crippen LogP contribution in [0.2, 0.25) is 0 Å². The summed E-state index contributed by atoms with van der Waals surface area (Å²) >= 11 is 1.42. The molecule has 0 spiro atoms. The molecule has 1 fully saturated rings. The lowest BCUT2D eigenvalue weighted by Gasteiger charge is -2.19. The zero-order valence-corrected chi connectivity index (χ0v) is 20.0. The Hall–Kier alpha value is -2.84. The Kier molecular flexibility index (Phi) is 7.67. The van der Waals surface area contributed by atoms with Crippen molar-refractivity contribution < 1.29 is 14.3 Å². The Bertz CT molecular complexity index is 1050. The summed E-state index contributed by atoms with van der Waals surface area (Å²) in [5.41, 5.74) is 2.02. The van der Waals surface area contributed by atoms with E-state index in [4.69, 9.17) is 9.47 Å². The first-order valence-electron chi connectivity index (χ1n) is 11.3. The zero-order valence-electron chi connectivity index (χ0n) is 19.2. The summed E-state index contributed by atoms with van der Waals surface area (Å²) in [4.78, 5) is 12.9. The summed E-state index contributed by atoms with van der Waals surface area (Å²) in [5, 5.41) is 12.4. The maximum atomic E-state index is 12.9. The number of carbonyl (C=O) groups excluding carboxylic acids is 1. The van der Waals surface area contributed by atoms with Gasteiger partial charge in [-0.05, 0) is 56.5 Å². The summed E-state index contributed by atoms with van der Waals surface area (Å²) in [6.07, 6.45) is 2.19. The number of thioether (sulfide) groups is 1. The fourth-order valence-electron chi connectivity index (χ4n) is 3.85. The number of benzene rings is 2. The summed E-state index contributed by atoms with van der Waals surface area (Å²) in [6.45, 7) is 5.33. The van der Waals surface area contributed by atoms with Crippen molar-refractivity contribution in [2.45, 2.75) is 55.8 Å². The predicted molar refractivity (Wildman–Crippen MR) is 129 cm³/mol. The van der Waals surface area contributed by atoms with Crippen LogP contribution in [0.3, 0.4) is 0 Å². The highest BCUT2D eigenvalue weighted by atomic mass is 32.2. The molecule has 3 unspecified atom stereocenters. The number of methoxy groups -OCH3 is 1. The SMILES string of the molecule is COc1ccc(-c2nnc(SC(C)C(=O)NC(C)c3ccccc3)n2CC2CCCO2)cc1. The molecule has 8 heteroatoms. The van der Waals surface area contributed by atoms with Crippen LogP contribution in [-0.4, -0.2) is 45.7 Å². The van der Waals surface area contributed by atoms with Gasteiger partial charge in [0, 0.05) is 12.2 Å². The molecule has 2 heterocycles. The van der Waals surface area contributed by atoms with Crippen LogP contribution in [0.25, 0.3) is 11.4 Å². The monoisotopic (exact) mass is 466 g/mol. The summed E-state index contributed by atoms with van der Waals surface area (Å²) in [5.74, 6) is 1.52. The minimum Gasteiger partial charge on any atom is -0.497 e. The fourth-order valence-corrected chi connectivity index (χ4v) is 4.72. The van der Waals surface area contributed by atoms with E-state index in [1.165, 1.54) is 11.8 Å². The number of amides is 1. The van der Waals surface area contributed by atoms with Crippen LogP contribution in [0.5, 0.6) is 5.75 Å². The molecule has 1 N–H and O–H groups in total. The van der Waals surface area contributed by atoms with Gasteiger partial charge in [0.05, 0.1) is 31.1 Å². The molecule has 0 aliphatic carbocycles. The Labute approximate surface area is 198 Å². The molecule has 3 atom stereocenters. The van der Waals surface area contributed by atoms with Crippen molar-refractivity contribution in [2.75, 3.05) is 13.7 Å². The van der Waals surface area contributed by atoms with Crippen LogP contribution < -0.4 is 10.1 Å². The van der Waals surface area contributed by atoms with Gasteiger partial charge in [0.25, 0.3) is 0 Å². The number of aromatic nitrogens is 3. The van der Waals surface area contributed by atoms with Gasteiger partial charge in [0.2, 0.25) is 5.91 Å². The standard InChI is InChI=1S/C25H30N4O3S/c1-17(19-8-5-4-6-9-19)26-24(30)18(2)33-25-28-27-23(20-11-13-21(31-3)14-12-20)29(25)16-22-10-7-15-32-22/h4-6,8-9,11-14,17-18,22H,7,10,15-16H2,1-3H3,(H,26,30). The van der Waals surface area contributed by atoms with Gasteiger partial charge >= 0.3 is 0 Å². The first-order valence-corrected chi connectivity index (χ1v) is 12.1.